The molecule has 0 unspecified atom stereocenters. The Morgan fingerprint density at radius 3 is 0.733 bits per heavy atom. The summed E-state index contributed by atoms with van der Waals surface area (Å²) in [6.07, 6.45) is 0. The van der Waals surface area contributed by atoms with Crippen molar-refractivity contribution in [2.45, 2.75) is 0 Å². The molecular formula is C136H82N4O4S2. The molecule has 0 saturated carbocycles. The summed E-state index contributed by atoms with van der Waals surface area (Å²) in [6, 6.07) is 181. The molecule has 10 heteroatoms. The van der Waals surface area contributed by atoms with Crippen molar-refractivity contribution in [2.75, 3.05) is 19.6 Å². The van der Waals surface area contributed by atoms with E-state index in [1.54, 1.807) is 0 Å². The number of anilines is 12. The molecule has 146 heavy (non-hydrogen) atoms. The van der Waals surface area contributed by atoms with Gasteiger partial charge in [0.15, 0.2) is 22.3 Å². The number of hydrogen-bond donors (Lipinski definition) is 0. The molecule has 8 nitrogen and oxygen atoms in total. The van der Waals surface area contributed by atoms with Crippen molar-refractivity contribution in [3.05, 3.63) is 497 Å². The molecule has 0 N–H and O–H groups in total. The first-order valence-corrected chi connectivity index (χ1v) is 51.2. The van der Waals surface area contributed by atoms with Gasteiger partial charge in [-0.15, -0.1) is 22.7 Å². The van der Waals surface area contributed by atoms with Crippen LogP contribution in [0.2, 0.25) is 0 Å². The first-order valence-electron chi connectivity index (χ1n) is 49.5. The Kier molecular flexibility index (Phi) is 19.0. The summed E-state index contributed by atoms with van der Waals surface area (Å²) in [4.78, 5) is 9.83. The van der Waals surface area contributed by atoms with E-state index in [-0.39, 0.29) is 0 Å². The first-order chi connectivity index (χ1) is 72.4. The Balaban J connectivity index is 0.561. The predicted molar refractivity (Wildman–Crippen MR) is 617 cm³/mol. The second-order valence-corrected chi connectivity index (χ2v) is 39.9. The summed E-state index contributed by atoms with van der Waals surface area (Å²) in [5.74, 6) is 0. The molecule has 30 aromatic rings. The summed E-state index contributed by atoms with van der Waals surface area (Å²) in [7, 11) is 0. The minimum Gasteiger partial charge on any atom is -0.454 e. The molecule has 0 fully saturated rings. The van der Waals surface area contributed by atoms with E-state index >= 15 is 0 Å². The molecule has 682 valence electrons. The summed E-state index contributed by atoms with van der Waals surface area (Å²) in [5.41, 5.74) is 29.4. The minimum absolute atomic E-state index is 0.778. The van der Waals surface area contributed by atoms with E-state index in [9.17, 15) is 0 Å². The highest BCUT2D eigenvalue weighted by molar-refractivity contribution is 7.28. The summed E-state index contributed by atoms with van der Waals surface area (Å²) in [6.45, 7) is 0. The number of thiophene rings is 2. The Hall–Kier alpha value is -18.8. The Bertz CT molecular complexity index is 10600. The molecule has 6 aromatic heterocycles. The zero-order chi connectivity index (χ0) is 95.7. The molecule has 0 aliphatic rings. The molecule has 24 aromatic carbocycles. The molecular weight excluding hydrogens is 1820 g/mol. The maximum Gasteiger partial charge on any atom is 0.159 e. The van der Waals surface area contributed by atoms with Gasteiger partial charge in [0.05, 0.1) is 56.9 Å². The van der Waals surface area contributed by atoms with E-state index in [0.29, 0.717) is 0 Å². The van der Waals surface area contributed by atoms with Crippen LogP contribution in [0, 0.1) is 0 Å². The highest BCUT2D eigenvalue weighted by atomic mass is 32.1. The van der Waals surface area contributed by atoms with Crippen molar-refractivity contribution in [3.8, 4) is 55.6 Å². The number of furan rings is 4. The Labute approximate surface area is 846 Å². The van der Waals surface area contributed by atoms with Crippen LogP contribution in [0.4, 0.5) is 68.2 Å². The van der Waals surface area contributed by atoms with E-state index in [2.05, 4.69) is 517 Å². The molecule has 0 aliphatic heterocycles. The average Bonchev–Trinajstić information content (AvgIpc) is 1.54. The van der Waals surface area contributed by atoms with Crippen LogP contribution in [0.25, 0.3) is 227 Å². The number of benzene rings is 24. The van der Waals surface area contributed by atoms with E-state index in [4.69, 9.17) is 17.7 Å². The number of hydrogen-bond acceptors (Lipinski definition) is 10. The van der Waals surface area contributed by atoms with Gasteiger partial charge in [-0.05, 0) is 160 Å². The topological polar surface area (TPSA) is 65.5 Å². The fraction of sp³-hybridized carbons (Fsp3) is 0. The van der Waals surface area contributed by atoms with Gasteiger partial charge in [0.1, 0.15) is 22.3 Å². The third kappa shape index (κ3) is 13.1. The fourth-order valence-corrected chi connectivity index (χ4v) is 25.8. The second-order valence-electron chi connectivity index (χ2n) is 37.9. The molecule has 6 heterocycles. The third-order valence-electron chi connectivity index (χ3n) is 29.8. The predicted octanol–water partition coefficient (Wildman–Crippen LogP) is 40.8. The molecule has 0 saturated heterocycles. The van der Waals surface area contributed by atoms with Crippen molar-refractivity contribution in [1.29, 1.82) is 0 Å². The van der Waals surface area contributed by atoms with Gasteiger partial charge in [0, 0.05) is 149 Å². The summed E-state index contributed by atoms with van der Waals surface area (Å²) < 4.78 is 33.5. The van der Waals surface area contributed by atoms with Crippen molar-refractivity contribution < 1.29 is 17.7 Å². The normalized spacial score (nSPS) is 12.0. The van der Waals surface area contributed by atoms with Gasteiger partial charge in [-0.1, -0.05) is 382 Å². The molecule has 0 aliphatic carbocycles. The zero-order valence-electron chi connectivity index (χ0n) is 78.6. The van der Waals surface area contributed by atoms with Crippen molar-refractivity contribution in [2.24, 2.45) is 0 Å². The molecule has 0 spiro atoms. The summed E-state index contributed by atoms with van der Waals surface area (Å²) >= 11 is 3.75. The van der Waals surface area contributed by atoms with Crippen LogP contribution >= 0.6 is 22.7 Å². The molecule has 0 radical (unpaired) electrons. The van der Waals surface area contributed by atoms with Crippen LogP contribution in [0.15, 0.2) is 515 Å². The van der Waals surface area contributed by atoms with Gasteiger partial charge in [-0.3, -0.25) is 0 Å². The zero-order valence-corrected chi connectivity index (χ0v) is 80.2. The Morgan fingerprint density at radius 2 is 0.370 bits per heavy atom. The van der Waals surface area contributed by atoms with Gasteiger partial charge in [0.25, 0.3) is 0 Å². The SMILES string of the molecule is c1ccc(-c2cccc(N(c3cc4c5cc(N(c6cccc(-c7ccc(-c8ccc9oc%10c(N(c%11ccccc%11-c%11ccccc%11)c%11cc%12c%13cc(N(c%14ccccc%14-c%14ccccc%14)c%14cccc%15c%14oc%14ccccc%14%15)c%14ccccc%14c%13sc%12c%12ccccc%11%12)cccc%10c9c8)cc7)c6)c6cccc7c6oc6ccccc67)c6ccccc6c5sc4c4ccccc34)c3cccc4c3oc3ccccc34)c2)cc1. The van der Waals surface area contributed by atoms with Gasteiger partial charge >= 0.3 is 0 Å². The highest BCUT2D eigenvalue weighted by Crippen LogP contribution is 2.59. The van der Waals surface area contributed by atoms with E-state index < -0.39 is 0 Å². The number of nitrogens with zero attached hydrogens (tertiary/aromatic N) is 4. The van der Waals surface area contributed by atoms with Crippen LogP contribution in [-0.4, -0.2) is 0 Å². The fourth-order valence-electron chi connectivity index (χ4n) is 23.2. The monoisotopic (exact) mass is 1900 g/mol. The minimum atomic E-state index is 0.778. The lowest BCUT2D eigenvalue weighted by atomic mass is 9.97. The van der Waals surface area contributed by atoms with Gasteiger partial charge in [0.2, 0.25) is 0 Å². The number of para-hydroxylation sites is 9. The van der Waals surface area contributed by atoms with Crippen molar-refractivity contribution in [3.63, 3.8) is 0 Å². The van der Waals surface area contributed by atoms with Crippen molar-refractivity contribution >= 4 is 262 Å². The standard InChI is InChI=1S/C136H82N4O4S2/c1-4-34-83(35-5-1)88-40-28-42-91(76-88)137(117-63-30-57-102-99-50-20-25-67-125(99)141-129(102)117)121-79-111-112-80-122(96-47-11-15-54-107(96)134(112)145-133(111)106-53-14-10-46-95(106)121)138(118-64-31-58-103-100-51-21-26-68-126(100)142-130(103)118)92-43-29-41-89(77-92)84-70-72-85(73-71-84)90-74-75-128-110(78-90)105-60-33-66-120(132(105)144-128)140(116-62-24-19-45-94(116)87-38-8-3-9-39-87)124-82-114-113-81-123(97-48-12-16-55-108(97)135(113)146-136(114)109-56-17-13-49-98(109)124)139(115-61-23-18-44-93(115)86-36-6-2-7-37-86)119-65-32-59-104-101-52-22-27-69-127(101)143-131(104)119/h1-82H. The highest BCUT2D eigenvalue weighted by Gasteiger charge is 2.33. The van der Waals surface area contributed by atoms with Gasteiger partial charge in [-0.25, -0.2) is 0 Å². The van der Waals surface area contributed by atoms with Crippen molar-refractivity contribution in [1.82, 2.24) is 0 Å². The lowest BCUT2D eigenvalue weighted by Gasteiger charge is -2.30. The third-order valence-corrected chi connectivity index (χ3v) is 32.3. The van der Waals surface area contributed by atoms with E-state index in [1.165, 1.54) is 29.6 Å². The lowest BCUT2D eigenvalue weighted by molar-refractivity contribution is 0.669. The maximum absolute atomic E-state index is 7.46. The molecule has 0 bridgehead atoms. The maximum atomic E-state index is 7.46. The van der Waals surface area contributed by atoms with E-state index in [0.717, 1.165) is 265 Å². The smallest absolute Gasteiger partial charge is 0.159 e. The Morgan fingerprint density at radius 1 is 0.130 bits per heavy atom. The molecule has 0 amide bonds. The van der Waals surface area contributed by atoms with Crippen LogP contribution in [0.3, 0.4) is 0 Å². The largest absolute Gasteiger partial charge is 0.454 e. The molecule has 30 rings (SSSR count). The van der Waals surface area contributed by atoms with Gasteiger partial charge in [-0.2, -0.15) is 0 Å². The van der Waals surface area contributed by atoms with Gasteiger partial charge < -0.3 is 37.3 Å². The van der Waals surface area contributed by atoms with E-state index in [1.807, 2.05) is 22.7 Å². The lowest BCUT2D eigenvalue weighted by Crippen LogP contribution is -2.12. The molecule has 0 atom stereocenters. The average molecular weight is 1900 g/mol. The number of fused-ring (bicyclic) bond motifs is 26. The van der Waals surface area contributed by atoms with Crippen LogP contribution in [0.1, 0.15) is 0 Å². The number of rotatable bonds is 17. The van der Waals surface area contributed by atoms with Crippen LogP contribution in [-0.2, 0) is 0 Å². The van der Waals surface area contributed by atoms with Crippen LogP contribution < -0.4 is 19.6 Å². The first kappa shape index (κ1) is 83.0. The van der Waals surface area contributed by atoms with Crippen LogP contribution in [0.5, 0.6) is 0 Å². The quantitative estimate of drug-likeness (QED) is 0.0894. The summed E-state index contributed by atoms with van der Waals surface area (Å²) in [5, 5.41) is 22.1. The second kappa shape index (κ2) is 33.4.